The van der Waals surface area contributed by atoms with Crippen LogP contribution < -0.4 is 5.32 Å². The van der Waals surface area contributed by atoms with Crippen LogP contribution in [0, 0.1) is 15.4 Å². The number of pyridine rings is 1. The van der Waals surface area contributed by atoms with Crippen molar-refractivity contribution in [3.05, 3.63) is 59.8 Å². The molecular formula is C26H30BrClIN3O. The van der Waals surface area contributed by atoms with Crippen molar-refractivity contribution in [2.24, 2.45) is 11.8 Å². The fourth-order valence-electron chi connectivity index (χ4n) is 5.97. The average Bonchev–Trinajstić information content (AvgIpc) is 2.96. The van der Waals surface area contributed by atoms with Gasteiger partial charge in [-0.3, -0.25) is 9.78 Å². The molecule has 1 aliphatic carbocycles. The third-order valence-corrected chi connectivity index (χ3v) is 9.17. The predicted octanol–water partition coefficient (Wildman–Crippen LogP) is 5.96. The Bertz CT molecular complexity index is 1030. The minimum absolute atomic E-state index is 0.239. The van der Waals surface area contributed by atoms with E-state index in [-0.39, 0.29) is 5.92 Å². The van der Waals surface area contributed by atoms with Crippen LogP contribution >= 0.6 is 50.1 Å². The van der Waals surface area contributed by atoms with Gasteiger partial charge in [-0.2, -0.15) is 0 Å². The van der Waals surface area contributed by atoms with Gasteiger partial charge in [0.15, 0.2) is 0 Å². The summed E-state index contributed by atoms with van der Waals surface area (Å²) in [5, 5.41) is 4.18. The molecule has 3 aliphatic rings. The van der Waals surface area contributed by atoms with Gasteiger partial charge in [-0.25, -0.2) is 0 Å². The van der Waals surface area contributed by atoms with Gasteiger partial charge < -0.3 is 10.2 Å². The summed E-state index contributed by atoms with van der Waals surface area (Å²) in [6.07, 6.45) is 8.97. The highest BCUT2D eigenvalue weighted by Gasteiger charge is 2.36. The topological polar surface area (TPSA) is 45.2 Å². The first-order valence-corrected chi connectivity index (χ1v) is 14.3. The molecule has 1 N–H and O–H groups in total. The molecule has 0 unspecified atom stereocenters. The van der Waals surface area contributed by atoms with Crippen LogP contribution in [0.25, 0.3) is 0 Å². The van der Waals surface area contributed by atoms with Crippen molar-refractivity contribution in [3.8, 4) is 0 Å². The van der Waals surface area contributed by atoms with Crippen molar-refractivity contribution < 1.29 is 4.79 Å². The van der Waals surface area contributed by atoms with Crippen LogP contribution in [0.2, 0.25) is 5.02 Å². The zero-order chi connectivity index (χ0) is 22.9. The SMILES string of the molecule is O=C(CC1CCNCC1)N1CCC([C@H]2c3ncc(I)cc3CCc3cc(Cl)cc(Br)c32)CC1. The van der Waals surface area contributed by atoms with Crippen LogP contribution in [0.1, 0.15) is 60.4 Å². The summed E-state index contributed by atoms with van der Waals surface area (Å²) < 4.78 is 2.28. The summed E-state index contributed by atoms with van der Waals surface area (Å²) >= 11 is 12.7. The molecule has 176 valence electrons. The summed E-state index contributed by atoms with van der Waals surface area (Å²) in [5.74, 6) is 1.60. The number of carbonyl (C=O) groups is 1. The number of piperidine rings is 2. The number of hydrogen-bond acceptors (Lipinski definition) is 3. The summed E-state index contributed by atoms with van der Waals surface area (Å²) in [7, 11) is 0. The highest BCUT2D eigenvalue weighted by Crippen LogP contribution is 2.46. The number of amides is 1. The highest BCUT2D eigenvalue weighted by atomic mass is 127. The van der Waals surface area contributed by atoms with Crippen molar-refractivity contribution in [1.29, 1.82) is 0 Å². The standard InChI is InChI=1S/C26H30BrClIN3O/c27-22-14-20(28)12-18-1-2-19-13-21(29)15-31-26(19)25(24(18)22)17-5-9-32(10-6-17)23(33)11-16-3-7-30-8-4-16/h12-17,25,30H,1-11H2/t25-/m1/s1. The van der Waals surface area contributed by atoms with E-state index in [1.807, 2.05) is 12.3 Å². The molecule has 1 aromatic heterocycles. The first-order valence-electron chi connectivity index (χ1n) is 12.1. The molecule has 3 heterocycles. The molecule has 1 atom stereocenters. The van der Waals surface area contributed by atoms with Gasteiger partial charge in [0.05, 0.1) is 5.69 Å². The van der Waals surface area contributed by atoms with Crippen LogP contribution in [0.15, 0.2) is 28.9 Å². The van der Waals surface area contributed by atoms with Gasteiger partial charge in [-0.1, -0.05) is 27.5 Å². The van der Waals surface area contributed by atoms with E-state index < -0.39 is 0 Å². The molecule has 7 heteroatoms. The molecule has 0 spiro atoms. The second-order valence-corrected chi connectivity index (χ2v) is 12.3. The van der Waals surface area contributed by atoms with E-state index in [1.165, 1.54) is 26.0 Å². The van der Waals surface area contributed by atoms with Crippen molar-refractivity contribution in [2.75, 3.05) is 26.2 Å². The Morgan fingerprint density at radius 3 is 2.61 bits per heavy atom. The molecule has 1 aromatic carbocycles. The number of hydrogen-bond donors (Lipinski definition) is 1. The van der Waals surface area contributed by atoms with Gasteiger partial charge in [-0.15, -0.1) is 0 Å². The Balaban J connectivity index is 1.38. The van der Waals surface area contributed by atoms with Crippen LogP contribution in [0.5, 0.6) is 0 Å². The number of nitrogens with zero attached hydrogens (tertiary/aromatic N) is 2. The monoisotopic (exact) mass is 641 g/mol. The maximum absolute atomic E-state index is 13.0. The minimum Gasteiger partial charge on any atom is -0.343 e. The first kappa shape index (κ1) is 24.0. The number of carbonyl (C=O) groups excluding carboxylic acids is 1. The minimum atomic E-state index is 0.239. The molecule has 4 nitrogen and oxygen atoms in total. The number of nitrogens with one attached hydrogen (secondary N) is 1. The molecule has 2 saturated heterocycles. The van der Waals surface area contributed by atoms with E-state index in [1.54, 1.807) is 0 Å². The number of benzene rings is 1. The van der Waals surface area contributed by atoms with Crippen LogP contribution in [0.4, 0.5) is 0 Å². The van der Waals surface area contributed by atoms with Gasteiger partial charge in [0.1, 0.15) is 0 Å². The summed E-state index contributed by atoms with van der Waals surface area (Å²) in [6.45, 7) is 3.80. The lowest BCUT2D eigenvalue weighted by molar-refractivity contribution is -0.133. The molecule has 0 radical (unpaired) electrons. The lowest BCUT2D eigenvalue weighted by Crippen LogP contribution is -2.41. The van der Waals surface area contributed by atoms with Crippen molar-refractivity contribution in [2.45, 2.75) is 50.9 Å². The molecule has 2 aromatic rings. The van der Waals surface area contributed by atoms with Gasteiger partial charge >= 0.3 is 0 Å². The van der Waals surface area contributed by atoms with Gasteiger partial charge in [0, 0.05) is 44.7 Å². The lowest BCUT2D eigenvalue weighted by Gasteiger charge is -2.37. The number of aryl methyl sites for hydroxylation is 2. The van der Waals surface area contributed by atoms with Gasteiger partial charge in [-0.05, 0) is 121 Å². The van der Waals surface area contributed by atoms with E-state index >= 15 is 0 Å². The number of rotatable bonds is 3. The summed E-state index contributed by atoms with van der Waals surface area (Å²) in [5.41, 5.74) is 5.26. The fraction of sp³-hybridized carbons (Fsp3) is 0.538. The predicted molar refractivity (Wildman–Crippen MR) is 145 cm³/mol. The van der Waals surface area contributed by atoms with E-state index in [9.17, 15) is 4.79 Å². The van der Waals surface area contributed by atoms with Crippen molar-refractivity contribution >= 4 is 56.0 Å². The normalized spacial score (nSPS) is 21.9. The first-order chi connectivity index (χ1) is 16.0. The number of halogens is 3. The zero-order valence-electron chi connectivity index (χ0n) is 18.8. The number of fused-ring (bicyclic) bond motifs is 2. The van der Waals surface area contributed by atoms with Gasteiger partial charge in [0.2, 0.25) is 5.91 Å². The number of aromatic nitrogens is 1. The van der Waals surface area contributed by atoms with Crippen molar-refractivity contribution in [3.63, 3.8) is 0 Å². The third kappa shape index (κ3) is 5.29. The molecule has 5 rings (SSSR count). The molecule has 33 heavy (non-hydrogen) atoms. The van der Waals surface area contributed by atoms with E-state index in [0.29, 0.717) is 24.2 Å². The molecule has 1 amide bonds. The third-order valence-electron chi connectivity index (χ3n) is 7.70. The lowest BCUT2D eigenvalue weighted by atomic mass is 9.76. The Morgan fingerprint density at radius 2 is 1.85 bits per heavy atom. The maximum atomic E-state index is 13.0. The smallest absolute Gasteiger partial charge is 0.222 e. The van der Waals surface area contributed by atoms with Crippen LogP contribution in [-0.4, -0.2) is 42.0 Å². The second-order valence-electron chi connectivity index (χ2n) is 9.75. The second kappa shape index (κ2) is 10.5. The van der Waals surface area contributed by atoms with Crippen LogP contribution in [-0.2, 0) is 17.6 Å². The van der Waals surface area contributed by atoms with Crippen LogP contribution in [0.3, 0.4) is 0 Å². The summed E-state index contributed by atoms with van der Waals surface area (Å²) in [6, 6.07) is 6.47. The highest BCUT2D eigenvalue weighted by molar-refractivity contribution is 14.1. The summed E-state index contributed by atoms with van der Waals surface area (Å²) in [4.78, 5) is 20.1. The molecule has 2 aliphatic heterocycles. The van der Waals surface area contributed by atoms with Crippen molar-refractivity contribution in [1.82, 2.24) is 15.2 Å². The molecular weight excluding hydrogens is 613 g/mol. The number of likely N-dealkylation sites (tertiary alicyclic amines) is 1. The Hall–Kier alpha value is -0.700. The van der Waals surface area contributed by atoms with Gasteiger partial charge in [0.25, 0.3) is 0 Å². The largest absolute Gasteiger partial charge is 0.343 e. The molecule has 0 saturated carbocycles. The zero-order valence-corrected chi connectivity index (χ0v) is 23.3. The molecule has 2 fully saturated rings. The quantitative estimate of drug-likeness (QED) is 0.421. The van der Waals surface area contributed by atoms with E-state index in [4.69, 9.17) is 16.6 Å². The van der Waals surface area contributed by atoms with E-state index in [0.717, 1.165) is 74.2 Å². The average molecular weight is 643 g/mol. The maximum Gasteiger partial charge on any atom is 0.222 e. The fourth-order valence-corrected chi connectivity index (χ4v) is 7.61. The Morgan fingerprint density at radius 1 is 1.12 bits per heavy atom. The molecule has 0 bridgehead atoms. The van der Waals surface area contributed by atoms with E-state index in [2.05, 4.69) is 60.9 Å². The Labute approximate surface area is 223 Å². The Kier molecular flexibility index (Phi) is 7.65.